The molecule has 0 aliphatic heterocycles. The van der Waals surface area contributed by atoms with Crippen LogP contribution < -0.4 is 4.74 Å². The van der Waals surface area contributed by atoms with E-state index >= 15 is 0 Å². The molecule has 1 rings (SSSR count). The van der Waals surface area contributed by atoms with Crippen molar-refractivity contribution in [2.24, 2.45) is 0 Å². The molecule has 0 amide bonds. The third-order valence-corrected chi connectivity index (χ3v) is 1.71. The summed E-state index contributed by atoms with van der Waals surface area (Å²) in [6, 6.07) is 1.54. The van der Waals surface area contributed by atoms with Gasteiger partial charge in [0.05, 0.1) is 12.2 Å². The molecule has 0 bridgehead atoms. The molecule has 0 atom stereocenters. The highest BCUT2D eigenvalue weighted by Gasteiger charge is 2.31. The molecule has 4 nitrogen and oxygen atoms in total. The Bertz CT molecular complexity index is 393. The Balaban J connectivity index is 2.64. The number of hydrogen-bond donors (Lipinski definition) is 0. The van der Waals surface area contributed by atoms with Gasteiger partial charge < -0.3 is 9.47 Å². The lowest BCUT2D eigenvalue weighted by molar-refractivity contribution is -0.145. The van der Waals surface area contributed by atoms with Crippen LogP contribution in [0.2, 0.25) is 0 Å². The van der Waals surface area contributed by atoms with E-state index in [1.165, 1.54) is 0 Å². The highest BCUT2D eigenvalue weighted by molar-refractivity contribution is 5.70. The van der Waals surface area contributed by atoms with Crippen LogP contribution in [0.5, 0.6) is 5.88 Å². The second kappa shape index (κ2) is 5.51. The number of nitrogens with zero attached hydrogens (tertiary/aromatic N) is 1. The van der Waals surface area contributed by atoms with E-state index in [9.17, 15) is 18.0 Å². The highest BCUT2D eigenvalue weighted by Crippen LogP contribution is 2.30. The van der Waals surface area contributed by atoms with Crippen LogP contribution in [0.25, 0.3) is 0 Å². The van der Waals surface area contributed by atoms with Crippen LogP contribution in [0.1, 0.15) is 12.5 Å². The molecule has 0 radical (unpaired) electrons. The van der Waals surface area contributed by atoms with Gasteiger partial charge >= 0.3 is 12.1 Å². The van der Waals surface area contributed by atoms with Gasteiger partial charge in [-0.05, 0) is 13.0 Å². The maximum Gasteiger partial charge on any atom is 0.416 e. The first-order chi connectivity index (χ1) is 7.93. The molecule has 94 valence electrons. The lowest BCUT2D eigenvalue weighted by Crippen LogP contribution is -2.15. The summed E-state index contributed by atoms with van der Waals surface area (Å²) in [6.07, 6.45) is -3.51. The summed E-state index contributed by atoms with van der Waals surface area (Å²) in [6.45, 7) is 1.32. The van der Waals surface area contributed by atoms with Crippen LogP contribution in [-0.2, 0) is 15.7 Å². The molecule has 0 spiro atoms. The highest BCUT2D eigenvalue weighted by atomic mass is 19.4. The predicted octanol–water partition coefficient (Wildman–Crippen LogP) is 2.04. The summed E-state index contributed by atoms with van der Waals surface area (Å²) < 4.78 is 46.3. The van der Waals surface area contributed by atoms with Crippen molar-refractivity contribution in [1.82, 2.24) is 4.98 Å². The van der Waals surface area contributed by atoms with Crippen molar-refractivity contribution in [3.63, 3.8) is 0 Å². The number of ether oxygens (including phenoxy) is 2. The zero-order valence-corrected chi connectivity index (χ0v) is 8.95. The summed E-state index contributed by atoms with van der Waals surface area (Å²) in [5.41, 5.74) is -0.883. The van der Waals surface area contributed by atoms with Crippen molar-refractivity contribution >= 4 is 5.97 Å². The topological polar surface area (TPSA) is 48.4 Å². The number of halogens is 3. The van der Waals surface area contributed by atoms with Gasteiger partial charge in [0.15, 0.2) is 6.61 Å². The van der Waals surface area contributed by atoms with Crippen molar-refractivity contribution in [3.05, 3.63) is 23.9 Å². The molecule has 0 N–H and O–H groups in total. The lowest BCUT2D eigenvalue weighted by Gasteiger charge is -2.08. The molecular formula is C10H10F3NO3. The molecule has 0 aliphatic rings. The third-order valence-electron chi connectivity index (χ3n) is 1.71. The van der Waals surface area contributed by atoms with Gasteiger partial charge in [0.25, 0.3) is 0 Å². The van der Waals surface area contributed by atoms with Gasteiger partial charge in [0.2, 0.25) is 5.88 Å². The lowest BCUT2D eigenvalue weighted by atomic mass is 10.2. The molecular weight excluding hydrogens is 239 g/mol. The zero-order chi connectivity index (χ0) is 12.9. The SMILES string of the molecule is CCOC(=O)COc1cc(C(F)(F)F)ccn1. The largest absolute Gasteiger partial charge is 0.466 e. The van der Waals surface area contributed by atoms with E-state index < -0.39 is 24.3 Å². The summed E-state index contributed by atoms with van der Waals surface area (Å²) in [7, 11) is 0. The summed E-state index contributed by atoms with van der Waals surface area (Å²) in [5.74, 6) is -0.931. The Kier molecular flexibility index (Phi) is 4.30. The Labute approximate surface area is 95.4 Å². The predicted molar refractivity (Wildman–Crippen MR) is 51.4 cm³/mol. The molecule has 1 heterocycles. The fourth-order valence-corrected chi connectivity index (χ4v) is 1.00. The Morgan fingerprint density at radius 1 is 1.47 bits per heavy atom. The summed E-state index contributed by atoms with van der Waals surface area (Å²) >= 11 is 0. The first kappa shape index (κ1) is 13.3. The molecule has 0 saturated heterocycles. The fraction of sp³-hybridized carbons (Fsp3) is 0.400. The number of rotatable bonds is 4. The standard InChI is InChI=1S/C10H10F3NO3/c1-2-16-9(15)6-17-8-5-7(3-4-14-8)10(11,12)13/h3-5H,2,6H2,1H3. The molecule has 0 fully saturated rings. The van der Waals surface area contributed by atoms with Crippen LogP contribution in [0.15, 0.2) is 18.3 Å². The van der Waals surface area contributed by atoms with Crippen LogP contribution >= 0.6 is 0 Å². The first-order valence-corrected chi connectivity index (χ1v) is 4.75. The molecule has 1 aromatic heterocycles. The third kappa shape index (κ3) is 4.29. The molecule has 0 saturated carbocycles. The number of hydrogen-bond acceptors (Lipinski definition) is 4. The van der Waals surface area contributed by atoms with Crippen LogP contribution in [0.4, 0.5) is 13.2 Å². The number of carbonyl (C=O) groups excluding carboxylic acids is 1. The van der Waals surface area contributed by atoms with Crippen molar-refractivity contribution < 1.29 is 27.4 Å². The van der Waals surface area contributed by atoms with Crippen molar-refractivity contribution in [2.75, 3.05) is 13.2 Å². The summed E-state index contributed by atoms with van der Waals surface area (Å²) in [4.78, 5) is 14.5. The van der Waals surface area contributed by atoms with Crippen molar-refractivity contribution in [2.45, 2.75) is 13.1 Å². The van der Waals surface area contributed by atoms with Gasteiger partial charge in [-0.25, -0.2) is 9.78 Å². The molecule has 0 unspecified atom stereocenters. The van der Waals surface area contributed by atoms with Gasteiger partial charge in [-0.3, -0.25) is 0 Å². The Morgan fingerprint density at radius 2 is 2.18 bits per heavy atom. The van der Waals surface area contributed by atoms with E-state index in [0.29, 0.717) is 0 Å². The quantitative estimate of drug-likeness (QED) is 0.766. The maximum absolute atomic E-state index is 12.3. The van der Waals surface area contributed by atoms with E-state index in [-0.39, 0.29) is 12.5 Å². The van der Waals surface area contributed by atoms with Crippen LogP contribution in [0.3, 0.4) is 0 Å². The maximum atomic E-state index is 12.3. The minimum absolute atomic E-state index is 0.179. The van der Waals surface area contributed by atoms with E-state index in [0.717, 1.165) is 18.3 Å². The minimum Gasteiger partial charge on any atom is -0.466 e. The van der Waals surface area contributed by atoms with E-state index in [1.807, 2.05) is 0 Å². The molecule has 7 heteroatoms. The van der Waals surface area contributed by atoms with E-state index in [4.69, 9.17) is 4.74 Å². The van der Waals surface area contributed by atoms with Gasteiger partial charge in [-0.2, -0.15) is 13.2 Å². The number of alkyl halides is 3. The van der Waals surface area contributed by atoms with Gasteiger partial charge in [-0.15, -0.1) is 0 Å². The fourth-order valence-electron chi connectivity index (χ4n) is 1.00. The van der Waals surface area contributed by atoms with Crippen molar-refractivity contribution in [3.8, 4) is 5.88 Å². The normalized spacial score (nSPS) is 11.1. The second-order valence-electron chi connectivity index (χ2n) is 2.97. The van der Waals surface area contributed by atoms with E-state index in [1.54, 1.807) is 6.92 Å². The van der Waals surface area contributed by atoms with Crippen molar-refractivity contribution in [1.29, 1.82) is 0 Å². The second-order valence-corrected chi connectivity index (χ2v) is 2.97. The number of pyridine rings is 1. The monoisotopic (exact) mass is 249 g/mol. The number of esters is 1. The van der Waals surface area contributed by atoms with Crippen LogP contribution in [-0.4, -0.2) is 24.2 Å². The Morgan fingerprint density at radius 3 is 2.76 bits per heavy atom. The molecule has 0 aromatic carbocycles. The molecule has 17 heavy (non-hydrogen) atoms. The number of carbonyl (C=O) groups is 1. The molecule has 1 aromatic rings. The molecule has 0 aliphatic carbocycles. The summed E-state index contributed by atoms with van der Waals surface area (Å²) in [5, 5.41) is 0. The zero-order valence-electron chi connectivity index (χ0n) is 8.95. The smallest absolute Gasteiger partial charge is 0.416 e. The average molecular weight is 249 g/mol. The van der Waals surface area contributed by atoms with Gasteiger partial charge in [0, 0.05) is 12.3 Å². The minimum atomic E-state index is -4.47. The van der Waals surface area contributed by atoms with Gasteiger partial charge in [0.1, 0.15) is 0 Å². The Hall–Kier alpha value is -1.79. The average Bonchev–Trinajstić information content (AvgIpc) is 2.26. The van der Waals surface area contributed by atoms with Crippen LogP contribution in [0, 0.1) is 0 Å². The van der Waals surface area contributed by atoms with Gasteiger partial charge in [-0.1, -0.05) is 0 Å². The number of aromatic nitrogens is 1. The van der Waals surface area contributed by atoms with E-state index in [2.05, 4.69) is 9.72 Å². The first-order valence-electron chi connectivity index (χ1n) is 4.75.